The number of amides is 1. The molecule has 0 aromatic heterocycles. The van der Waals surface area contributed by atoms with Crippen LogP contribution in [0.2, 0.25) is 5.02 Å². The van der Waals surface area contributed by atoms with Gasteiger partial charge in [-0.1, -0.05) is 31.5 Å². The highest BCUT2D eigenvalue weighted by atomic mass is 35.5. The molecule has 0 spiro atoms. The van der Waals surface area contributed by atoms with E-state index in [1.165, 1.54) is 12.1 Å². The Kier molecular flexibility index (Phi) is 5.96. The normalized spacial score (nSPS) is 11.8. The lowest BCUT2D eigenvalue weighted by Crippen LogP contribution is -2.40. The number of carbonyl (C=O) groups excluding carboxylic acids is 1. The molecule has 1 aromatic rings. The van der Waals surface area contributed by atoms with Gasteiger partial charge in [0.05, 0.1) is 6.42 Å². The molecular weight excluding hydrogens is 279 g/mol. The highest BCUT2D eigenvalue weighted by Crippen LogP contribution is 2.19. The highest BCUT2D eigenvalue weighted by molar-refractivity contribution is 6.31. The third-order valence-corrected chi connectivity index (χ3v) is 3.26. The quantitative estimate of drug-likeness (QED) is 0.876. The first kappa shape index (κ1) is 16.9. The fourth-order valence-corrected chi connectivity index (χ4v) is 2.40. The van der Waals surface area contributed by atoms with Crippen LogP contribution in [0.5, 0.6) is 0 Å². The molecule has 1 amide bonds. The van der Waals surface area contributed by atoms with Gasteiger partial charge < -0.3 is 10.2 Å². The fourth-order valence-electron chi connectivity index (χ4n) is 2.17. The van der Waals surface area contributed by atoms with Crippen LogP contribution in [0.25, 0.3) is 0 Å². The van der Waals surface area contributed by atoms with Crippen LogP contribution in [0.4, 0.5) is 4.39 Å². The van der Waals surface area contributed by atoms with Crippen molar-refractivity contribution in [2.24, 2.45) is 5.41 Å². The lowest BCUT2D eigenvalue weighted by Gasteiger charge is -2.28. The van der Waals surface area contributed by atoms with Gasteiger partial charge in [0.2, 0.25) is 5.91 Å². The van der Waals surface area contributed by atoms with Gasteiger partial charge >= 0.3 is 0 Å². The second-order valence-electron chi connectivity index (χ2n) is 6.06. The molecule has 0 saturated heterocycles. The number of nitrogens with one attached hydrogen (secondary N) is 1. The Morgan fingerprint density at radius 3 is 2.60 bits per heavy atom. The van der Waals surface area contributed by atoms with Gasteiger partial charge in [0, 0.05) is 23.7 Å². The molecule has 0 saturated carbocycles. The second-order valence-corrected chi connectivity index (χ2v) is 6.46. The summed E-state index contributed by atoms with van der Waals surface area (Å²) in [6.45, 7) is 5.54. The largest absolute Gasteiger partial charge is 0.355 e. The van der Waals surface area contributed by atoms with Crippen molar-refractivity contribution < 1.29 is 9.18 Å². The van der Waals surface area contributed by atoms with E-state index in [4.69, 9.17) is 11.6 Å². The zero-order chi connectivity index (χ0) is 15.3. The van der Waals surface area contributed by atoms with Crippen LogP contribution >= 0.6 is 11.6 Å². The Bertz CT molecular complexity index is 455. The summed E-state index contributed by atoms with van der Waals surface area (Å²) in [4.78, 5) is 14.0. The molecule has 20 heavy (non-hydrogen) atoms. The molecule has 1 rings (SSSR count). The molecule has 1 N–H and O–H groups in total. The predicted octanol–water partition coefficient (Wildman–Crippen LogP) is 2.73. The van der Waals surface area contributed by atoms with Crippen LogP contribution in [-0.2, 0) is 11.2 Å². The molecule has 5 heteroatoms. The van der Waals surface area contributed by atoms with Crippen molar-refractivity contribution in [3.63, 3.8) is 0 Å². The van der Waals surface area contributed by atoms with Crippen LogP contribution in [0, 0.1) is 11.2 Å². The lowest BCUT2D eigenvalue weighted by molar-refractivity contribution is -0.121. The van der Waals surface area contributed by atoms with E-state index in [1.807, 2.05) is 14.1 Å². The standard InChI is InChI=1S/C15H22ClFN2O/c1-15(2,10-19(3)4)9-18-14(20)8-11-12(16)6-5-7-13(11)17/h5-7H,8-10H2,1-4H3,(H,18,20). The molecule has 0 aliphatic rings. The third-order valence-electron chi connectivity index (χ3n) is 2.91. The summed E-state index contributed by atoms with van der Waals surface area (Å²) in [5.41, 5.74) is 0.204. The third kappa shape index (κ3) is 5.47. The van der Waals surface area contributed by atoms with Crippen LogP contribution in [0.3, 0.4) is 0 Å². The van der Waals surface area contributed by atoms with Gasteiger partial charge in [-0.2, -0.15) is 0 Å². The Labute approximate surface area is 125 Å². The molecular formula is C15H22ClFN2O. The first-order valence-electron chi connectivity index (χ1n) is 6.55. The van der Waals surface area contributed by atoms with Crippen LogP contribution in [-0.4, -0.2) is 38.0 Å². The summed E-state index contributed by atoms with van der Waals surface area (Å²) in [5.74, 6) is -0.663. The van der Waals surface area contributed by atoms with E-state index in [9.17, 15) is 9.18 Å². The lowest BCUT2D eigenvalue weighted by atomic mass is 9.93. The fraction of sp³-hybridized carbons (Fsp3) is 0.533. The number of carbonyl (C=O) groups is 1. The molecule has 1 aromatic carbocycles. The maximum absolute atomic E-state index is 13.6. The minimum Gasteiger partial charge on any atom is -0.355 e. The molecule has 0 fully saturated rings. The molecule has 0 unspecified atom stereocenters. The van der Waals surface area contributed by atoms with Gasteiger partial charge in [-0.3, -0.25) is 4.79 Å². The van der Waals surface area contributed by atoms with E-state index in [-0.39, 0.29) is 28.3 Å². The van der Waals surface area contributed by atoms with Crippen LogP contribution < -0.4 is 5.32 Å². The first-order valence-corrected chi connectivity index (χ1v) is 6.93. The summed E-state index contributed by atoms with van der Waals surface area (Å²) in [6.07, 6.45) is -0.0381. The number of benzene rings is 1. The summed E-state index contributed by atoms with van der Waals surface area (Å²) in [7, 11) is 3.98. The number of hydrogen-bond acceptors (Lipinski definition) is 2. The van der Waals surface area contributed by atoms with E-state index in [0.717, 1.165) is 6.54 Å². The number of nitrogens with zero attached hydrogens (tertiary/aromatic N) is 1. The van der Waals surface area contributed by atoms with Crippen LogP contribution in [0.1, 0.15) is 19.4 Å². The first-order chi connectivity index (χ1) is 9.21. The summed E-state index contributed by atoms with van der Waals surface area (Å²) in [6, 6.07) is 4.42. The molecule has 3 nitrogen and oxygen atoms in total. The van der Waals surface area contributed by atoms with Gasteiger partial charge in [0.1, 0.15) is 5.82 Å². The average molecular weight is 301 g/mol. The van der Waals surface area contributed by atoms with Crippen LogP contribution in [0.15, 0.2) is 18.2 Å². The molecule has 112 valence electrons. The number of halogens is 2. The summed E-state index contributed by atoms with van der Waals surface area (Å²) >= 11 is 5.91. The SMILES string of the molecule is CN(C)CC(C)(C)CNC(=O)Cc1c(F)cccc1Cl. The van der Waals surface area contributed by atoms with Crippen molar-refractivity contribution in [1.29, 1.82) is 0 Å². The monoisotopic (exact) mass is 300 g/mol. The number of hydrogen-bond donors (Lipinski definition) is 1. The average Bonchev–Trinajstić information content (AvgIpc) is 2.30. The Hall–Kier alpha value is -1.13. The van der Waals surface area contributed by atoms with Crippen molar-refractivity contribution in [2.75, 3.05) is 27.2 Å². The van der Waals surface area contributed by atoms with Gasteiger partial charge in [-0.05, 0) is 31.6 Å². The van der Waals surface area contributed by atoms with Gasteiger partial charge in [0.15, 0.2) is 0 Å². The van der Waals surface area contributed by atoms with Crippen molar-refractivity contribution in [3.05, 3.63) is 34.6 Å². The Morgan fingerprint density at radius 1 is 1.40 bits per heavy atom. The van der Waals surface area contributed by atoms with E-state index in [0.29, 0.717) is 6.54 Å². The van der Waals surface area contributed by atoms with Crippen molar-refractivity contribution in [1.82, 2.24) is 10.2 Å². The molecule has 0 heterocycles. The van der Waals surface area contributed by atoms with Gasteiger partial charge in [-0.25, -0.2) is 4.39 Å². The van der Waals surface area contributed by atoms with E-state index < -0.39 is 5.82 Å². The van der Waals surface area contributed by atoms with E-state index in [1.54, 1.807) is 6.07 Å². The van der Waals surface area contributed by atoms with Crippen molar-refractivity contribution in [2.45, 2.75) is 20.3 Å². The van der Waals surface area contributed by atoms with E-state index in [2.05, 4.69) is 24.1 Å². The molecule has 0 radical (unpaired) electrons. The highest BCUT2D eigenvalue weighted by Gasteiger charge is 2.20. The van der Waals surface area contributed by atoms with E-state index >= 15 is 0 Å². The van der Waals surface area contributed by atoms with Gasteiger partial charge in [-0.15, -0.1) is 0 Å². The number of rotatable bonds is 6. The Balaban J connectivity index is 2.56. The maximum Gasteiger partial charge on any atom is 0.224 e. The van der Waals surface area contributed by atoms with Crippen molar-refractivity contribution >= 4 is 17.5 Å². The zero-order valence-electron chi connectivity index (χ0n) is 12.5. The predicted molar refractivity (Wildman–Crippen MR) is 80.5 cm³/mol. The zero-order valence-corrected chi connectivity index (χ0v) is 13.2. The van der Waals surface area contributed by atoms with Crippen molar-refractivity contribution in [3.8, 4) is 0 Å². The molecule has 0 bridgehead atoms. The van der Waals surface area contributed by atoms with Gasteiger partial charge in [0.25, 0.3) is 0 Å². The minimum absolute atomic E-state index is 0.0381. The molecule has 0 aliphatic carbocycles. The topological polar surface area (TPSA) is 32.3 Å². The maximum atomic E-state index is 13.6. The molecule has 0 atom stereocenters. The Morgan fingerprint density at radius 2 is 2.05 bits per heavy atom. The smallest absolute Gasteiger partial charge is 0.224 e. The second kappa shape index (κ2) is 7.04. The summed E-state index contributed by atoms with van der Waals surface area (Å²) in [5, 5.41) is 3.13. The minimum atomic E-state index is -0.444. The summed E-state index contributed by atoms with van der Waals surface area (Å²) < 4.78 is 13.6. The molecule has 0 aliphatic heterocycles.